The van der Waals surface area contributed by atoms with Crippen molar-refractivity contribution in [3.05, 3.63) is 45.9 Å². The molecule has 2 aromatic heterocycles. The SMILES string of the molecule is Cc1c(CNc2ncccc2[N+](=O)[O-])cnn1C. The van der Waals surface area contributed by atoms with Gasteiger partial charge in [0.15, 0.2) is 0 Å². The minimum absolute atomic E-state index is 0.0287. The molecule has 1 N–H and O–H groups in total. The fourth-order valence-corrected chi connectivity index (χ4v) is 1.58. The lowest BCUT2D eigenvalue weighted by atomic mass is 10.2. The highest BCUT2D eigenvalue weighted by molar-refractivity contribution is 5.55. The average Bonchev–Trinajstić information content (AvgIpc) is 2.68. The number of rotatable bonds is 4. The van der Waals surface area contributed by atoms with Gasteiger partial charge in [-0.3, -0.25) is 14.8 Å². The van der Waals surface area contributed by atoms with Crippen LogP contribution in [0, 0.1) is 17.0 Å². The quantitative estimate of drug-likeness (QED) is 0.655. The molecule has 0 aliphatic heterocycles. The third-order valence-corrected chi connectivity index (χ3v) is 2.77. The van der Waals surface area contributed by atoms with E-state index in [0.717, 1.165) is 11.3 Å². The van der Waals surface area contributed by atoms with Crippen molar-refractivity contribution in [1.82, 2.24) is 14.8 Å². The number of nitrogens with one attached hydrogen (secondary N) is 1. The lowest BCUT2D eigenvalue weighted by Gasteiger charge is -2.05. The monoisotopic (exact) mass is 247 g/mol. The highest BCUT2D eigenvalue weighted by atomic mass is 16.6. The molecule has 0 unspecified atom stereocenters. The summed E-state index contributed by atoms with van der Waals surface area (Å²) in [6, 6.07) is 2.96. The molecule has 7 nitrogen and oxygen atoms in total. The lowest BCUT2D eigenvalue weighted by Crippen LogP contribution is -2.05. The van der Waals surface area contributed by atoms with E-state index in [0.29, 0.717) is 6.54 Å². The van der Waals surface area contributed by atoms with Gasteiger partial charge in [-0.05, 0) is 13.0 Å². The Labute approximate surface area is 104 Å². The number of pyridine rings is 1. The predicted molar refractivity (Wildman–Crippen MR) is 66.2 cm³/mol. The minimum Gasteiger partial charge on any atom is -0.360 e. The molecule has 0 amide bonds. The van der Waals surface area contributed by atoms with Crippen molar-refractivity contribution in [3.8, 4) is 0 Å². The molecule has 94 valence electrons. The number of nitro groups is 1. The van der Waals surface area contributed by atoms with E-state index in [1.54, 1.807) is 16.9 Å². The standard InChI is InChI=1S/C11H13N5O2/c1-8-9(7-14-15(8)2)6-13-11-10(16(17)18)4-3-5-12-11/h3-5,7H,6H2,1-2H3,(H,12,13). The maximum absolute atomic E-state index is 10.8. The maximum atomic E-state index is 10.8. The zero-order valence-corrected chi connectivity index (χ0v) is 10.1. The summed E-state index contributed by atoms with van der Waals surface area (Å²) < 4.78 is 1.75. The fraction of sp³-hybridized carbons (Fsp3) is 0.273. The van der Waals surface area contributed by atoms with Crippen LogP contribution in [0.2, 0.25) is 0 Å². The first-order valence-electron chi connectivity index (χ1n) is 5.40. The Morgan fingerprint density at radius 1 is 1.56 bits per heavy atom. The summed E-state index contributed by atoms with van der Waals surface area (Å²) in [6.45, 7) is 2.40. The van der Waals surface area contributed by atoms with Gasteiger partial charge in [-0.1, -0.05) is 0 Å². The van der Waals surface area contributed by atoms with E-state index >= 15 is 0 Å². The number of anilines is 1. The molecule has 2 heterocycles. The molecule has 0 aliphatic carbocycles. The molecule has 18 heavy (non-hydrogen) atoms. The Kier molecular flexibility index (Phi) is 3.22. The molecule has 0 radical (unpaired) electrons. The summed E-state index contributed by atoms with van der Waals surface area (Å²) in [4.78, 5) is 14.3. The lowest BCUT2D eigenvalue weighted by molar-refractivity contribution is -0.384. The molecule has 0 aliphatic rings. The Morgan fingerprint density at radius 2 is 2.33 bits per heavy atom. The second-order valence-electron chi connectivity index (χ2n) is 3.86. The van der Waals surface area contributed by atoms with Gasteiger partial charge in [0, 0.05) is 37.1 Å². The molecular formula is C11H13N5O2. The zero-order valence-electron chi connectivity index (χ0n) is 10.1. The first-order chi connectivity index (χ1) is 8.59. The molecule has 2 rings (SSSR count). The van der Waals surface area contributed by atoms with E-state index in [2.05, 4.69) is 15.4 Å². The fourth-order valence-electron chi connectivity index (χ4n) is 1.58. The molecule has 0 aromatic carbocycles. The first kappa shape index (κ1) is 12.0. The summed E-state index contributed by atoms with van der Waals surface area (Å²) in [5.41, 5.74) is 1.97. The average molecular weight is 247 g/mol. The molecule has 0 spiro atoms. The van der Waals surface area contributed by atoms with Gasteiger partial charge in [0.05, 0.1) is 11.1 Å². The molecule has 0 atom stereocenters. The minimum atomic E-state index is -0.453. The topological polar surface area (TPSA) is 85.9 Å². The van der Waals surface area contributed by atoms with Gasteiger partial charge in [0.25, 0.3) is 0 Å². The van der Waals surface area contributed by atoms with Gasteiger partial charge in [-0.2, -0.15) is 5.10 Å². The second-order valence-corrected chi connectivity index (χ2v) is 3.86. The summed E-state index contributed by atoms with van der Waals surface area (Å²) >= 11 is 0. The van der Waals surface area contributed by atoms with E-state index in [1.807, 2.05) is 14.0 Å². The van der Waals surface area contributed by atoms with Crippen LogP contribution in [0.5, 0.6) is 0 Å². The van der Waals surface area contributed by atoms with E-state index < -0.39 is 4.92 Å². The van der Waals surface area contributed by atoms with Crippen LogP contribution in [0.4, 0.5) is 11.5 Å². The number of hydrogen-bond donors (Lipinski definition) is 1. The third-order valence-electron chi connectivity index (χ3n) is 2.77. The van der Waals surface area contributed by atoms with Crippen molar-refractivity contribution < 1.29 is 4.92 Å². The first-order valence-corrected chi connectivity index (χ1v) is 5.40. The van der Waals surface area contributed by atoms with Gasteiger partial charge >= 0.3 is 5.69 Å². The van der Waals surface area contributed by atoms with Gasteiger partial charge in [-0.15, -0.1) is 0 Å². The van der Waals surface area contributed by atoms with Gasteiger partial charge in [0.1, 0.15) is 0 Å². The summed E-state index contributed by atoms with van der Waals surface area (Å²) in [6.07, 6.45) is 3.25. The van der Waals surface area contributed by atoms with Crippen LogP contribution in [0.1, 0.15) is 11.3 Å². The van der Waals surface area contributed by atoms with Gasteiger partial charge in [0.2, 0.25) is 5.82 Å². The molecule has 0 bridgehead atoms. The Morgan fingerprint density at radius 3 is 2.94 bits per heavy atom. The second kappa shape index (κ2) is 4.82. The Hall–Kier alpha value is -2.44. The molecule has 2 aromatic rings. The number of aryl methyl sites for hydroxylation is 1. The van der Waals surface area contributed by atoms with Gasteiger partial charge < -0.3 is 5.32 Å². The normalized spacial score (nSPS) is 10.3. The Bertz CT molecular complexity index is 579. The molecule has 0 saturated carbocycles. The molecule has 0 saturated heterocycles. The zero-order chi connectivity index (χ0) is 13.1. The van der Waals surface area contributed by atoms with Crippen molar-refractivity contribution in [1.29, 1.82) is 0 Å². The van der Waals surface area contributed by atoms with Crippen molar-refractivity contribution in [2.45, 2.75) is 13.5 Å². The molecular weight excluding hydrogens is 234 g/mol. The van der Waals surface area contributed by atoms with Crippen LogP contribution in [-0.4, -0.2) is 19.7 Å². The van der Waals surface area contributed by atoms with Crippen LogP contribution >= 0.6 is 0 Å². The third kappa shape index (κ3) is 2.29. The summed E-state index contributed by atoms with van der Waals surface area (Å²) in [5.74, 6) is 0.269. The summed E-state index contributed by atoms with van der Waals surface area (Å²) in [7, 11) is 1.85. The molecule has 0 fully saturated rings. The van der Waals surface area contributed by atoms with Crippen molar-refractivity contribution in [3.63, 3.8) is 0 Å². The van der Waals surface area contributed by atoms with Crippen LogP contribution in [0.25, 0.3) is 0 Å². The number of aromatic nitrogens is 3. The van der Waals surface area contributed by atoms with Crippen LogP contribution in [0.3, 0.4) is 0 Å². The largest absolute Gasteiger partial charge is 0.360 e. The van der Waals surface area contributed by atoms with E-state index in [1.165, 1.54) is 12.3 Å². The smallest absolute Gasteiger partial charge is 0.311 e. The number of hydrogen-bond acceptors (Lipinski definition) is 5. The van der Waals surface area contributed by atoms with Crippen molar-refractivity contribution in [2.24, 2.45) is 7.05 Å². The van der Waals surface area contributed by atoms with Crippen LogP contribution in [-0.2, 0) is 13.6 Å². The number of nitrogens with zero attached hydrogens (tertiary/aromatic N) is 4. The van der Waals surface area contributed by atoms with Gasteiger partial charge in [-0.25, -0.2) is 4.98 Å². The molecule has 7 heteroatoms. The van der Waals surface area contributed by atoms with E-state index in [4.69, 9.17) is 0 Å². The maximum Gasteiger partial charge on any atom is 0.311 e. The highest BCUT2D eigenvalue weighted by Crippen LogP contribution is 2.21. The van der Waals surface area contributed by atoms with E-state index in [9.17, 15) is 10.1 Å². The van der Waals surface area contributed by atoms with Crippen LogP contribution in [0.15, 0.2) is 24.5 Å². The van der Waals surface area contributed by atoms with Crippen LogP contribution < -0.4 is 5.32 Å². The van der Waals surface area contributed by atoms with Crippen molar-refractivity contribution in [2.75, 3.05) is 5.32 Å². The predicted octanol–water partition coefficient (Wildman–Crippen LogP) is 1.64. The summed E-state index contributed by atoms with van der Waals surface area (Å²) in [5, 5.41) is 17.9. The Balaban J connectivity index is 2.16. The van der Waals surface area contributed by atoms with E-state index in [-0.39, 0.29) is 11.5 Å². The highest BCUT2D eigenvalue weighted by Gasteiger charge is 2.14. The van der Waals surface area contributed by atoms with Crippen molar-refractivity contribution >= 4 is 11.5 Å².